The topological polar surface area (TPSA) is 119 Å². The fourth-order valence-electron chi connectivity index (χ4n) is 5.73. The zero-order valence-electron chi connectivity index (χ0n) is 27.9. The van der Waals surface area contributed by atoms with E-state index in [4.69, 9.17) is 10.5 Å². The monoisotopic (exact) mass is 650 g/mol. The molecule has 2 fully saturated rings. The summed E-state index contributed by atoms with van der Waals surface area (Å²) < 4.78 is 5.90. The molecule has 3 unspecified atom stereocenters. The van der Waals surface area contributed by atoms with E-state index in [1.54, 1.807) is 19.3 Å². The number of nitrogens with two attached hydrogens (primary N) is 1. The van der Waals surface area contributed by atoms with Crippen LogP contribution in [0.1, 0.15) is 38.2 Å². The van der Waals surface area contributed by atoms with Crippen LogP contribution < -0.4 is 21.1 Å². The minimum atomic E-state index is -0.779. The number of nitrogens with one attached hydrogen (secondary N) is 2. The van der Waals surface area contributed by atoms with E-state index < -0.39 is 12.3 Å². The number of rotatable bonds is 17. The average Bonchev–Trinajstić information content (AvgIpc) is 3.36. The molecule has 0 radical (unpaired) electrons. The Morgan fingerprint density at radius 3 is 2.72 bits per heavy atom. The molecule has 6 N–H and O–H groups in total. The molecule has 252 valence electrons. The molecule has 46 heavy (non-hydrogen) atoms. The standard InChI is InChI=1S/C36H55N6O3P/c1-6-28-24-42(29-15-18-41(5)19-16-29)36(44)33(28)21-26(3)40-35(37)32(7-2)34(14-17-38-4)39-23-30(43)25-45-31-13-10-12-27(22-31)11-8-9-20-46/h6-7,10,12-14,17,21-22,29-30,36,38-39,43-44H,2-3,8-9,11,15-16,18-20,23-25,46H2,1,4-5H3,(H2,37,40)/b17-14-,28-6-,33-21+,34-32-. The second-order valence-electron chi connectivity index (χ2n) is 11.9. The Morgan fingerprint density at radius 2 is 2.04 bits per heavy atom. The Bertz CT molecular complexity index is 1310. The first-order chi connectivity index (χ1) is 22.2. The molecular weight excluding hydrogens is 595 g/mol. The van der Waals surface area contributed by atoms with Crippen molar-refractivity contribution < 1.29 is 14.9 Å². The summed E-state index contributed by atoms with van der Waals surface area (Å²) >= 11 is 0. The molecule has 2 saturated heterocycles. The van der Waals surface area contributed by atoms with Gasteiger partial charge in [-0.25, -0.2) is 4.99 Å². The molecule has 9 nitrogen and oxygen atoms in total. The van der Waals surface area contributed by atoms with Crippen LogP contribution in [0.25, 0.3) is 0 Å². The Labute approximate surface area is 278 Å². The minimum Gasteiger partial charge on any atom is -0.491 e. The first kappa shape index (κ1) is 37.3. The summed E-state index contributed by atoms with van der Waals surface area (Å²) in [5.41, 5.74) is 11.2. The highest BCUT2D eigenvalue weighted by atomic mass is 31.0. The average molecular weight is 651 g/mol. The second-order valence-corrected chi connectivity index (χ2v) is 12.5. The number of piperidine rings is 1. The summed E-state index contributed by atoms with van der Waals surface area (Å²) in [6, 6.07) is 8.37. The number of aliphatic hydroxyl groups is 2. The fourth-order valence-corrected chi connectivity index (χ4v) is 6.02. The number of aliphatic imine (C=N–C) groups is 1. The smallest absolute Gasteiger partial charge is 0.134 e. The quantitative estimate of drug-likeness (QED) is 0.0568. The Hall–Kier alpha value is -3.20. The molecule has 1 aromatic rings. The van der Waals surface area contributed by atoms with Crippen LogP contribution in [0.3, 0.4) is 0 Å². The van der Waals surface area contributed by atoms with Crippen LogP contribution in [0, 0.1) is 0 Å². The van der Waals surface area contributed by atoms with Crippen molar-refractivity contribution >= 4 is 15.1 Å². The second kappa shape index (κ2) is 19.5. The minimum absolute atomic E-state index is 0.132. The Balaban J connectivity index is 1.68. The van der Waals surface area contributed by atoms with E-state index in [1.165, 1.54) is 12.0 Å². The third-order valence-corrected chi connectivity index (χ3v) is 8.79. The van der Waals surface area contributed by atoms with E-state index >= 15 is 0 Å². The zero-order valence-corrected chi connectivity index (χ0v) is 29.1. The van der Waals surface area contributed by atoms with Crippen LogP contribution >= 0.6 is 9.24 Å². The van der Waals surface area contributed by atoms with Gasteiger partial charge in [0.2, 0.25) is 0 Å². The Kier molecular flexibility index (Phi) is 15.8. The molecule has 0 aliphatic carbocycles. The summed E-state index contributed by atoms with van der Waals surface area (Å²) in [4.78, 5) is 9.08. The van der Waals surface area contributed by atoms with Gasteiger partial charge >= 0.3 is 0 Å². The fraction of sp³-hybridized carbons (Fsp3) is 0.472. The van der Waals surface area contributed by atoms with Gasteiger partial charge in [0, 0.05) is 43.0 Å². The number of likely N-dealkylation sites (tertiary alicyclic amines) is 2. The normalized spacial score (nSPS) is 21.5. The van der Waals surface area contributed by atoms with Crippen LogP contribution in [0.5, 0.6) is 5.75 Å². The van der Waals surface area contributed by atoms with Crippen molar-refractivity contribution in [3.8, 4) is 5.75 Å². The number of allylic oxidation sites excluding steroid dienone is 3. The number of aliphatic hydroxyl groups excluding tert-OH is 2. The highest BCUT2D eigenvalue weighted by molar-refractivity contribution is 7.16. The maximum atomic E-state index is 11.3. The highest BCUT2D eigenvalue weighted by Gasteiger charge is 2.36. The number of benzene rings is 1. The summed E-state index contributed by atoms with van der Waals surface area (Å²) in [6.07, 6.45) is 14.0. The summed E-state index contributed by atoms with van der Waals surface area (Å²) in [5.74, 6) is 0.956. The first-order valence-electron chi connectivity index (χ1n) is 16.3. The highest BCUT2D eigenvalue weighted by Crippen LogP contribution is 2.33. The van der Waals surface area contributed by atoms with Crippen molar-refractivity contribution in [3.63, 3.8) is 0 Å². The first-order valence-corrected chi connectivity index (χ1v) is 17.1. The maximum Gasteiger partial charge on any atom is 0.134 e. The number of ether oxygens (including phenoxy) is 1. The van der Waals surface area contributed by atoms with Crippen molar-refractivity contribution in [2.24, 2.45) is 10.7 Å². The van der Waals surface area contributed by atoms with Gasteiger partial charge in [-0.05, 0) is 107 Å². The van der Waals surface area contributed by atoms with Crippen molar-refractivity contribution in [2.75, 3.05) is 53.0 Å². The summed E-state index contributed by atoms with van der Waals surface area (Å²) in [7, 11) is 6.70. The van der Waals surface area contributed by atoms with Gasteiger partial charge in [0.25, 0.3) is 0 Å². The van der Waals surface area contributed by atoms with Crippen LogP contribution in [0.2, 0.25) is 0 Å². The predicted octanol–water partition coefficient (Wildman–Crippen LogP) is 3.86. The molecule has 0 aromatic heterocycles. The molecule has 0 spiro atoms. The molecule has 2 aliphatic heterocycles. The van der Waals surface area contributed by atoms with E-state index in [2.05, 4.69) is 60.9 Å². The van der Waals surface area contributed by atoms with Crippen LogP contribution in [-0.4, -0.2) is 97.3 Å². The van der Waals surface area contributed by atoms with Crippen LogP contribution in [0.15, 0.2) is 101 Å². The molecule has 3 atom stereocenters. The lowest BCUT2D eigenvalue weighted by molar-refractivity contribution is 0.00906. The van der Waals surface area contributed by atoms with Gasteiger partial charge in [0.15, 0.2) is 0 Å². The van der Waals surface area contributed by atoms with Crippen LogP contribution in [0.4, 0.5) is 0 Å². The van der Waals surface area contributed by atoms with Gasteiger partial charge in [-0.1, -0.05) is 37.4 Å². The Morgan fingerprint density at radius 1 is 1.28 bits per heavy atom. The molecule has 3 rings (SSSR count). The zero-order chi connectivity index (χ0) is 33.5. The number of hydrogen-bond donors (Lipinski definition) is 5. The van der Waals surface area contributed by atoms with E-state index in [9.17, 15) is 10.2 Å². The number of hydrogen-bond acceptors (Lipinski definition) is 8. The van der Waals surface area contributed by atoms with Gasteiger partial charge in [-0.15, -0.1) is 9.24 Å². The summed E-state index contributed by atoms with van der Waals surface area (Å²) in [5, 5.41) is 28.3. The number of unbranched alkanes of at least 4 members (excludes halogenated alkanes) is 1. The molecule has 2 aliphatic rings. The van der Waals surface area contributed by atoms with Crippen molar-refractivity contribution in [2.45, 2.75) is 57.4 Å². The van der Waals surface area contributed by atoms with Crippen molar-refractivity contribution in [1.29, 1.82) is 0 Å². The summed E-state index contributed by atoms with van der Waals surface area (Å²) in [6.45, 7) is 13.2. The molecule has 1 aromatic carbocycles. The molecule has 2 heterocycles. The van der Waals surface area contributed by atoms with Crippen LogP contribution in [-0.2, 0) is 6.42 Å². The molecule has 0 saturated carbocycles. The van der Waals surface area contributed by atoms with Gasteiger partial charge in [-0.2, -0.15) is 0 Å². The molecular formula is C36H55N6O3P. The van der Waals surface area contributed by atoms with E-state index in [0.717, 1.165) is 61.8 Å². The number of amidine groups is 1. The third kappa shape index (κ3) is 11.2. The number of aryl methyl sites for hydroxylation is 1. The lowest BCUT2D eigenvalue weighted by Gasteiger charge is -2.36. The molecule has 0 amide bonds. The molecule has 10 heteroatoms. The van der Waals surface area contributed by atoms with E-state index in [-0.39, 0.29) is 19.0 Å². The van der Waals surface area contributed by atoms with Crippen molar-refractivity contribution in [3.05, 3.63) is 102 Å². The van der Waals surface area contributed by atoms with Gasteiger partial charge in [0.1, 0.15) is 30.5 Å². The van der Waals surface area contributed by atoms with Gasteiger partial charge < -0.3 is 36.2 Å². The number of nitrogens with zero attached hydrogens (tertiary/aromatic N) is 3. The largest absolute Gasteiger partial charge is 0.491 e. The van der Waals surface area contributed by atoms with E-state index in [1.807, 2.05) is 43.4 Å². The lowest BCUT2D eigenvalue weighted by Crippen LogP contribution is -2.46. The van der Waals surface area contributed by atoms with Gasteiger partial charge in [-0.3, -0.25) is 4.90 Å². The SMILES string of the molecule is C=C/C(C(N)=NC(=C)/C=C1\C(=C/C)CN(C2CCN(C)CC2)C1O)=C(\C=C/NC)NCC(O)COc1cccc(CCCCP)c1. The predicted molar refractivity (Wildman–Crippen MR) is 195 cm³/mol. The third-order valence-electron chi connectivity index (χ3n) is 8.38. The van der Waals surface area contributed by atoms with E-state index in [0.29, 0.717) is 29.6 Å². The maximum absolute atomic E-state index is 11.3. The lowest BCUT2D eigenvalue weighted by atomic mass is 10.0. The molecule has 0 bridgehead atoms. The van der Waals surface area contributed by atoms with Crippen molar-refractivity contribution in [1.82, 2.24) is 20.4 Å². The van der Waals surface area contributed by atoms with Gasteiger partial charge in [0.05, 0.1) is 5.70 Å².